The van der Waals surface area contributed by atoms with E-state index in [1.165, 1.54) is 0 Å². The summed E-state index contributed by atoms with van der Waals surface area (Å²) in [5.74, 6) is 0. The van der Waals surface area contributed by atoms with E-state index < -0.39 is 0 Å². The van der Waals surface area contributed by atoms with Crippen LogP contribution in [0.25, 0.3) is 0 Å². The van der Waals surface area contributed by atoms with Crippen LogP contribution in [0.4, 0.5) is 0 Å². The van der Waals surface area contributed by atoms with Crippen molar-refractivity contribution in [2.24, 2.45) is 5.73 Å². The standard InChI is InChI=1S/C10H18N4/c1-2-10(11)8-13(9-10)6-7-14-5-3-4-12-14/h3-5H,2,6-9,11H2,1H3. The maximum Gasteiger partial charge on any atom is 0.0536 e. The van der Waals surface area contributed by atoms with Crippen molar-refractivity contribution in [3.8, 4) is 0 Å². The molecule has 0 amide bonds. The highest BCUT2D eigenvalue weighted by Gasteiger charge is 2.36. The Balaban J connectivity index is 1.70. The van der Waals surface area contributed by atoms with Gasteiger partial charge in [0, 0.05) is 37.6 Å². The maximum atomic E-state index is 6.08. The van der Waals surface area contributed by atoms with Crippen molar-refractivity contribution >= 4 is 0 Å². The van der Waals surface area contributed by atoms with Gasteiger partial charge in [-0.05, 0) is 12.5 Å². The van der Waals surface area contributed by atoms with E-state index >= 15 is 0 Å². The highest BCUT2D eigenvalue weighted by molar-refractivity contribution is 4.98. The Hall–Kier alpha value is -0.870. The molecular formula is C10H18N4. The fourth-order valence-corrected chi connectivity index (χ4v) is 1.90. The summed E-state index contributed by atoms with van der Waals surface area (Å²) in [7, 11) is 0. The monoisotopic (exact) mass is 194 g/mol. The molecule has 0 aliphatic carbocycles. The molecule has 0 bridgehead atoms. The van der Waals surface area contributed by atoms with Gasteiger partial charge >= 0.3 is 0 Å². The van der Waals surface area contributed by atoms with Gasteiger partial charge in [0.15, 0.2) is 0 Å². The van der Waals surface area contributed by atoms with Gasteiger partial charge in [0.05, 0.1) is 6.54 Å². The number of rotatable bonds is 4. The molecule has 0 unspecified atom stereocenters. The number of likely N-dealkylation sites (tertiary alicyclic amines) is 1. The zero-order chi connectivity index (χ0) is 10.0. The Morgan fingerprint density at radius 2 is 2.21 bits per heavy atom. The molecule has 0 saturated carbocycles. The molecule has 2 N–H and O–H groups in total. The fraction of sp³-hybridized carbons (Fsp3) is 0.700. The lowest BCUT2D eigenvalue weighted by Gasteiger charge is -2.47. The molecule has 0 aromatic carbocycles. The van der Waals surface area contributed by atoms with E-state index in [0.717, 1.165) is 32.6 Å². The summed E-state index contributed by atoms with van der Waals surface area (Å²) in [5.41, 5.74) is 6.16. The smallest absolute Gasteiger partial charge is 0.0536 e. The van der Waals surface area contributed by atoms with E-state index in [9.17, 15) is 0 Å². The van der Waals surface area contributed by atoms with E-state index in [-0.39, 0.29) is 5.54 Å². The van der Waals surface area contributed by atoms with Crippen LogP contribution in [0.2, 0.25) is 0 Å². The number of hydrogen-bond acceptors (Lipinski definition) is 3. The van der Waals surface area contributed by atoms with Gasteiger partial charge in [-0.2, -0.15) is 5.10 Å². The number of nitrogens with zero attached hydrogens (tertiary/aromatic N) is 3. The normalized spacial score (nSPS) is 20.7. The molecule has 1 aromatic rings. The summed E-state index contributed by atoms with van der Waals surface area (Å²) >= 11 is 0. The van der Waals surface area contributed by atoms with Gasteiger partial charge < -0.3 is 5.73 Å². The summed E-state index contributed by atoms with van der Waals surface area (Å²) in [6.07, 6.45) is 4.88. The first-order chi connectivity index (χ1) is 6.72. The lowest BCUT2D eigenvalue weighted by Crippen LogP contribution is -2.67. The highest BCUT2D eigenvalue weighted by Crippen LogP contribution is 2.20. The van der Waals surface area contributed by atoms with Gasteiger partial charge in [-0.3, -0.25) is 9.58 Å². The quantitative estimate of drug-likeness (QED) is 0.750. The van der Waals surface area contributed by atoms with Crippen LogP contribution in [0.1, 0.15) is 13.3 Å². The SMILES string of the molecule is CCC1(N)CN(CCn2cccn2)C1. The first-order valence-corrected chi connectivity index (χ1v) is 5.20. The fourth-order valence-electron chi connectivity index (χ4n) is 1.90. The Morgan fingerprint density at radius 1 is 1.43 bits per heavy atom. The van der Waals surface area contributed by atoms with E-state index in [1.54, 1.807) is 0 Å². The van der Waals surface area contributed by atoms with Crippen molar-refractivity contribution in [3.05, 3.63) is 18.5 Å². The third kappa shape index (κ3) is 1.96. The molecule has 1 aliphatic heterocycles. The summed E-state index contributed by atoms with van der Waals surface area (Å²) in [4.78, 5) is 2.38. The second-order valence-corrected chi connectivity index (χ2v) is 4.20. The number of hydrogen-bond donors (Lipinski definition) is 1. The second-order valence-electron chi connectivity index (χ2n) is 4.20. The summed E-state index contributed by atoms with van der Waals surface area (Å²) < 4.78 is 1.96. The van der Waals surface area contributed by atoms with Crippen molar-refractivity contribution in [2.75, 3.05) is 19.6 Å². The Bertz CT molecular complexity index is 274. The van der Waals surface area contributed by atoms with Crippen LogP contribution >= 0.6 is 0 Å². The third-order valence-electron chi connectivity index (χ3n) is 2.99. The summed E-state index contributed by atoms with van der Waals surface area (Å²) in [5, 5.41) is 4.16. The summed E-state index contributed by atoms with van der Waals surface area (Å²) in [6, 6.07) is 1.95. The van der Waals surface area contributed by atoms with E-state index in [4.69, 9.17) is 5.73 Å². The Kier molecular flexibility index (Phi) is 2.56. The van der Waals surface area contributed by atoms with Crippen molar-refractivity contribution in [1.82, 2.24) is 14.7 Å². The van der Waals surface area contributed by atoms with E-state index in [0.29, 0.717) is 0 Å². The van der Waals surface area contributed by atoms with Gasteiger partial charge in [-0.15, -0.1) is 0 Å². The minimum absolute atomic E-state index is 0.0874. The van der Waals surface area contributed by atoms with E-state index in [1.807, 2.05) is 23.1 Å². The van der Waals surface area contributed by atoms with Crippen molar-refractivity contribution in [2.45, 2.75) is 25.4 Å². The summed E-state index contributed by atoms with van der Waals surface area (Å²) in [6.45, 7) is 6.24. The molecule has 1 fully saturated rings. The van der Waals surface area contributed by atoms with Crippen LogP contribution in [0.15, 0.2) is 18.5 Å². The largest absolute Gasteiger partial charge is 0.323 e. The molecule has 1 aromatic heterocycles. The molecule has 2 rings (SSSR count). The zero-order valence-corrected chi connectivity index (χ0v) is 8.69. The minimum atomic E-state index is 0.0874. The minimum Gasteiger partial charge on any atom is -0.323 e. The van der Waals surface area contributed by atoms with Crippen LogP contribution < -0.4 is 5.73 Å². The molecule has 14 heavy (non-hydrogen) atoms. The maximum absolute atomic E-state index is 6.08. The first-order valence-electron chi connectivity index (χ1n) is 5.20. The number of aromatic nitrogens is 2. The highest BCUT2D eigenvalue weighted by atomic mass is 15.3. The first kappa shape index (κ1) is 9.68. The van der Waals surface area contributed by atoms with Gasteiger partial charge in [-0.25, -0.2) is 0 Å². The van der Waals surface area contributed by atoms with Crippen molar-refractivity contribution in [1.29, 1.82) is 0 Å². The zero-order valence-electron chi connectivity index (χ0n) is 8.69. The molecular weight excluding hydrogens is 176 g/mol. The third-order valence-corrected chi connectivity index (χ3v) is 2.99. The van der Waals surface area contributed by atoms with Gasteiger partial charge in [0.2, 0.25) is 0 Å². The average Bonchev–Trinajstić information content (AvgIpc) is 2.63. The van der Waals surface area contributed by atoms with Crippen LogP contribution in [-0.2, 0) is 6.54 Å². The Labute approximate surface area is 84.7 Å². The Morgan fingerprint density at radius 3 is 2.79 bits per heavy atom. The van der Waals surface area contributed by atoms with Crippen LogP contribution in [-0.4, -0.2) is 39.9 Å². The molecule has 0 spiro atoms. The molecule has 0 radical (unpaired) electrons. The molecule has 1 aliphatic rings. The molecule has 0 atom stereocenters. The lowest BCUT2D eigenvalue weighted by atomic mass is 9.88. The van der Waals surface area contributed by atoms with Crippen LogP contribution in [0.3, 0.4) is 0 Å². The molecule has 4 heteroatoms. The van der Waals surface area contributed by atoms with Gasteiger partial charge in [0.25, 0.3) is 0 Å². The second kappa shape index (κ2) is 3.71. The van der Waals surface area contributed by atoms with Crippen molar-refractivity contribution in [3.63, 3.8) is 0 Å². The van der Waals surface area contributed by atoms with Gasteiger partial charge in [-0.1, -0.05) is 6.92 Å². The van der Waals surface area contributed by atoms with Gasteiger partial charge in [0.1, 0.15) is 0 Å². The predicted octanol–water partition coefficient (Wildman–Crippen LogP) is 0.306. The van der Waals surface area contributed by atoms with E-state index in [2.05, 4.69) is 16.9 Å². The molecule has 2 heterocycles. The van der Waals surface area contributed by atoms with Crippen LogP contribution in [0, 0.1) is 0 Å². The molecule has 78 valence electrons. The average molecular weight is 194 g/mol. The molecule has 4 nitrogen and oxygen atoms in total. The lowest BCUT2D eigenvalue weighted by molar-refractivity contribution is 0.0637. The topological polar surface area (TPSA) is 47.1 Å². The van der Waals surface area contributed by atoms with Crippen LogP contribution in [0.5, 0.6) is 0 Å². The van der Waals surface area contributed by atoms with Crippen molar-refractivity contribution < 1.29 is 0 Å². The predicted molar refractivity (Wildman–Crippen MR) is 55.9 cm³/mol. The number of nitrogens with two attached hydrogens (primary N) is 1. The molecule has 1 saturated heterocycles.